The highest BCUT2D eigenvalue weighted by Crippen LogP contribution is 2.24. The molecule has 3 atom stereocenters. The van der Waals surface area contributed by atoms with E-state index in [9.17, 15) is 9.59 Å². The van der Waals surface area contributed by atoms with Gasteiger partial charge in [-0.1, -0.05) is 13.8 Å². The number of carbonyl (C=O) groups is 2. The Balaban J connectivity index is 2.65. The molecule has 0 aromatic carbocycles. The monoisotopic (exact) mass is 288 g/mol. The lowest BCUT2D eigenvalue weighted by Gasteiger charge is -2.31. The second-order valence-electron chi connectivity index (χ2n) is 5.24. The fraction of sp³-hybridized carbons (Fsp3) is 0.846. The van der Waals surface area contributed by atoms with Gasteiger partial charge in [-0.25, -0.2) is 4.79 Å². The number of thioether (sulfide) groups is 1. The smallest absolute Gasteiger partial charge is 0.320 e. The predicted octanol–water partition coefficient (Wildman–Crippen LogP) is 1.83. The quantitative estimate of drug-likeness (QED) is 0.838. The molecular weight excluding hydrogens is 264 g/mol. The molecule has 19 heavy (non-hydrogen) atoms. The van der Waals surface area contributed by atoms with Crippen molar-refractivity contribution >= 4 is 23.8 Å². The highest BCUT2D eigenvalue weighted by Gasteiger charge is 2.38. The fourth-order valence-corrected chi connectivity index (χ4v) is 3.36. The maximum absolute atomic E-state index is 12.4. The highest BCUT2D eigenvalue weighted by atomic mass is 32.2. The minimum absolute atomic E-state index is 0.0236. The maximum Gasteiger partial charge on any atom is 0.320 e. The third kappa shape index (κ3) is 3.78. The van der Waals surface area contributed by atoms with E-state index >= 15 is 0 Å². The van der Waals surface area contributed by atoms with Crippen LogP contribution in [0.25, 0.3) is 0 Å². The van der Waals surface area contributed by atoms with Crippen LogP contribution < -0.4 is 0 Å². The summed E-state index contributed by atoms with van der Waals surface area (Å²) in [5.74, 6) is -0.306. The Hall–Kier alpha value is -0.910. The molecule has 5 nitrogen and oxygen atoms in total. The predicted molar refractivity (Wildman–Crippen MR) is 77.5 cm³/mol. The molecule has 2 amide bonds. The molecule has 0 bridgehead atoms. The van der Waals surface area contributed by atoms with Crippen molar-refractivity contribution in [2.75, 3.05) is 32.1 Å². The molecular formula is C13H24N2O3S. The number of aliphatic carboxylic acids is 1. The summed E-state index contributed by atoms with van der Waals surface area (Å²) >= 11 is 1.72. The second-order valence-corrected chi connectivity index (χ2v) is 6.15. The number of urea groups is 1. The normalized spacial score (nSPS) is 24.3. The third-order valence-corrected chi connectivity index (χ3v) is 4.60. The van der Waals surface area contributed by atoms with E-state index in [-0.39, 0.29) is 18.0 Å². The number of carboxylic acids is 1. The summed E-state index contributed by atoms with van der Waals surface area (Å²) < 4.78 is 0. The Bertz CT molecular complexity index is 338. The number of hydrogen-bond donors (Lipinski definition) is 1. The maximum atomic E-state index is 12.4. The van der Waals surface area contributed by atoms with E-state index in [0.717, 1.165) is 12.2 Å². The van der Waals surface area contributed by atoms with Crippen LogP contribution in [0.2, 0.25) is 0 Å². The minimum Gasteiger partial charge on any atom is -0.481 e. The van der Waals surface area contributed by atoms with Gasteiger partial charge in [0.2, 0.25) is 0 Å². The molecule has 0 spiro atoms. The summed E-state index contributed by atoms with van der Waals surface area (Å²) in [5.41, 5.74) is 0. The van der Waals surface area contributed by atoms with E-state index in [1.54, 1.807) is 21.6 Å². The van der Waals surface area contributed by atoms with E-state index in [4.69, 9.17) is 5.11 Å². The van der Waals surface area contributed by atoms with E-state index in [2.05, 4.69) is 6.92 Å². The van der Waals surface area contributed by atoms with Crippen LogP contribution in [0.3, 0.4) is 0 Å². The van der Waals surface area contributed by atoms with Crippen molar-refractivity contribution in [3.8, 4) is 0 Å². The fourth-order valence-electron chi connectivity index (χ4n) is 2.52. The lowest BCUT2D eigenvalue weighted by atomic mass is 9.99. The van der Waals surface area contributed by atoms with Crippen LogP contribution in [-0.2, 0) is 4.79 Å². The zero-order valence-electron chi connectivity index (χ0n) is 12.1. The topological polar surface area (TPSA) is 60.9 Å². The molecule has 0 radical (unpaired) electrons. The molecule has 1 N–H and O–H groups in total. The molecule has 0 aliphatic carbocycles. The molecule has 1 aliphatic heterocycles. The number of nitrogens with zero attached hydrogens (tertiary/aromatic N) is 2. The van der Waals surface area contributed by atoms with E-state index in [1.807, 2.05) is 20.2 Å². The molecule has 110 valence electrons. The van der Waals surface area contributed by atoms with Gasteiger partial charge in [0.25, 0.3) is 0 Å². The molecule has 1 aliphatic rings. The van der Waals surface area contributed by atoms with Crippen molar-refractivity contribution in [1.29, 1.82) is 0 Å². The Kier molecular flexibility index (Phi) is 5.97. The molecule has 0 aromatic heterocycles. The molecule has 1 saturated heterocycles. The summed E-state index contributed by atoms with van der Waals surface area (Å²) in [6, 6.07) is 0.165. The second kappa shape index (κ2) is 7.03. The minimum atomic E-state index is -0.804. The molecule has 1 heterocycles. The zero-order chi connectivity index (χ0) is 14.6. The molecule has 6 heteroatoms. The number of carboxylic acid groups (broad SMARTS) is 1. The van der Waals surface area contributed by atoms with Gasteiger partial charge in [-0.3, -0.25) is 4.79 Å². The van der Waals surface area contributed by atoms with Crippen LogP contribution in [0.5, 0.6) is 0 Å². The summed E-state index contributed by atoms with van der Waals surface area (Å²) in [4.78, 5) is 26.9. The highest BCUT2D eigenvalue weighted by molar-refractivity contribution is 7.98. The number of likely N-dealkylation sites (tertiary alicyclic amines) is 1. The molecule has 1 fully saturated rings. The third-order valence-electron chi connectivity index (χ3n) is 3.88. The van der Waals surface area contributed by atoms with Crippen LogP contribution in [0.4, 0.5) is 4.79 Å². The SMILES string of the molecule is CCC(CSC)N(C)C(=O)N1C[C@@H](C)[C@H](C(=O)O)C1. The van der Waals surface area contributed by atoms with Crippen LogP contribution in [-0.4, -0.2) is 65.1 Å². The van der Waals surface area contributed by atoms with Crippen LogP contribution in [0, 0.1) is 11.8 Å². The summed E-state index contributed by atoms with van der Waals surface area (Å²) in [5, 5.41) is 9.11. The van der Waals surface area contributed by atoms with Crippen molar-refractivity contribution in [3.63, 3.8) is 0 Å². The van der Waals surface area contributed by atoms with Crippen LogP contribution >= 0.6 is 11.8 Å². The molecule has 1 unspecified atom stereocenters. The van der Waals surface area contributed by atoms with Gasteiger partial charge in [-0.2, -0.15) is 11.8 Å². The van der Waals surface area contributed by atoms with Crippen LogP contribution in [0.1, 0.15) is 20.3 Å². The lowest BCUT2D eigenvalue weighted by molar-refractivity contribution is -0.142. The van der Waals surface area contributed by atoms with Crippen molar-refractivity contribution in [1.82, 2.24) is 9.80 Å². The first-order chi connectivity index (χ1) is 8.92. The van der Waals surface area contributed by atoms with Crippen molar-refractivity contribution in [2.45, 2.75) is 26.3 Å². The van der Waals surface area contributed by atoms with Crippen molar-refractivity contribution in [2.24, 2.45) is 11.8 Å². The Morgan fingerprint density at radius 3 is 2.53 bits per heavy atom. The Morgan fingerprint density at radius 2 is 2.11 bits per heavy atom. The van der Waals surface area contributed by atoms with E-state index in [0.29, 0.717) is 13.1 Å². The van der Waals surface area contributed by atoms with Gasteiger partial charge >= 0.3 is 12.0 Å². The van der Waals surface area contributed by atoms with E-state index < -0.39 is 11.9 Å². The average Bonchev–Trinajstić information content (AvgIpc) is 2.76. The van der Waals surface area contributed by atoms with Crippen molar-refractivity contribution in [3.05, 3.63) is 0 Å². The lowest BCUT2D eigenvalue weighted by Crippen LogP contribution is -2.46. The van der Waals surface area contributed by atoms with Gasteiger partial charge in [-0.15, -0.1) is 0 Å². The number of rotatable bonds is 5. The van der Waals surface area contributed by atoms with E-state index in [1.165, 1.54) is 0 Å². The molecule has 1 rings (SSSR count). The average molecular weight is 288 g/mol. The van der Waals surface area contributed by atoms with Gasteiger partial charge < -0.3 is 14.9 Å². The number of amides is 2. The number of hydrogen-bond acceptors (Lipinski definition) is 3. The first kappa shape index (κ1) is 16.1. The standard InChI is InChI=1S/C13H24N2O3S/c1-5-10(8-19-4)14(3)13(18)15-6-9(2)11(7-15)12(16)17/h9-11H,5-8H2,1-4H3,(H,16,17)/t9-,10?,11-/m1/s1. The van der Waals surface area contributed by atoms with Crippen molar-refractivity contribution < 1.29 is 14.7 Å². The first-order valence-electron chi connectivity index (χ1n) is 6.65. The molecule has 0 saturated carbocycles. The number of carbonyl (C=O) groups excluding carboxylic acids is 1. The first-order valence-corrected chi connectivity index (χ1v) is 8.05. The van der Waals surface area contributed by atoms with Crippen LogP contribution in [0.15, 0.2) is 0 Å². The summed E-state index contributed by atoms with van der Waals surface area (Å²) in [7, 11) is 1.81. The van der Waals surface area contributed by atoms with Gasteiger partial charge in [0.05, 0.1) is 5.92 Å². The largest absolute Gasteiger partial charge is 0.481 e. The van der Waals surface area contributed by atoms with Gasteiger partial charge in [0.1, 0.15) is 0 Å². The zero-order valence-corrected chi connectivity index (χ0v) is 12.9. The summed E-state index contributed by atoms with van der Waals surface area (Å²) in [6.07, 6.45) is 2.94. The summed E-state index contributed by atoms with van der Waals surface area (Å²) in [6.45, 7) is 4.83. The Morgan fingerprint density at radius 1 is 1.47 bits per heavy atom. The van der Waals surface area contributed by atoms with Gasteiger partial charge in [0, 0.05) is 31.9 Å². The Labute approximate surface area is 119 Å². The molecule has 0 aromatic rings. The van der Waals surface area contributed by atoms with Gasteiger partial charge in [0.15, 0.2) is 0 Å². The van der Waals surface area contributed by atoms with Gasteiger partial charge in [-0.05, 0) is 18.6 Å².